The first kappa shape index (κ1) is 27.5. The highest BCUT2D eigenvalue weighted by atomic mass is 32.2. The van der Waals surface area contributed by atoms with Crippen molar-refractivity contribution >= 4 is 15.9 Å². The van der Waals surface area contributed by atoms with Crippen molar-refractivity contribution in [3.63, 3.8) is 0 Å². The summed E-state index contributed by atoms with van der Waals surface area (Å²) in [6.45, 7) is 2.66. The van der Waals surface area contributed by atoms with Crippen LogP contribution < -0.4 is 10.5 Å². The number of benzene rings is 1. The fourth-order valence-electron chi connectivity index (χ4n) is 5.12. The molecular formula is C26H35N3O7S. The van der Waals surface area contributed by atoms with E-state index in [4.69, 9.17) is 20.3 Å². The first-order valence-electron chi connectivity index (χ1n) is 12.5. The van der Waals surface area contributed by atoms with Gasteiger partial charge in [0.15, 0.2) is 4.75 Å². The number of amides is 1. The van der Waals surface area contributed by atoms with Crippen molar-refractivity contribution in [2.45, 2.75) is 49.4 Å². The molecule has 0 spiro atoms. The lowest BCUT2D eigenvalue weighted by Crippen LogP contribution is -2.59. The third-order valence-electron chi connectivity index (χ3n) is 7.39. The maximum absolute atomic E-state index is 13.5. The Labute approximate surface area is 217 Å². The molecule has 0 saturated carbocycles. The van der Waals surface area contributed by atoms with Crippen LogP contribution in [-0.4, -0.2) is 84.2 Å². The van der Waals surface area contributed by atoms with Crippen LogP contribution in [0.4, 0.5) is 0 Å². The highest BCUT2D eigenvalue weighted by Gasteiger charge is 2.53. The summed E-state index contributed by atoms with van der Waals surface area (Å²) in [6, 6.07) is 11.6. The van der Waals surface area contributed by atoms with Crippen LogP contribution in [0.5, 0.6) is 5.88 Å². The number of hydrogen-bond donors (Lipinski definition) is 3. The van der Waals surface area contributed by atoms with Crippen LogP contribution in [0.15, 0.2) is 36.4 Å². The van der Waals surface area contributed by atoms with Crippen LogP contribution in [0.25, 0.3) is 11.3 Å². The van der Waals surface area contributed by atoms with Crippen LogP contribution in [0.3, 0.4) is 0 Å². The molecule has 2 aromatic rings. The lowest BCUT2D eigenvalue weighted by atomic mass is 9.88. The number of sulfonamides is 1. The Morgan fingerprint density at radius 2 is 1.95 bits per heavy atom. The van der Waals surface area contributed by atoms with Gasteiger partial charge in [0.2, 0.25) is 21.8 Å². The van der Waals surface area contributed by atoms with E-state index in [1.165, 1.54) is 4.31 Å². The minimum Gasteiger partial charge on any atom is -0.475 e. The van der Waals surface area contributed by atoms with Crippen molar-refractivity contribution < 1.29 is 32.9 Å². The quantitative estimate of drug-likeness (QED) is 0.437. The number of aliphatic hydroxyl groups excluding tert-OH is 2. The van der Waals surface area contributed by atoms with Crippen LogP contribution in [-0.2, 0) is 19.6 Å². The lowest BCUT2D eigenvalue weighted by molar-refractivity contribution is -0.123. The zero-order valence-corrected chi connectivity index (χ0v) is 21.8. The number of aromatic nitrogens is 1. The van der Waals surface area contributed by atoms with Gasteiger partial charge < -0.3 is 25.4 Å². The van der Waals surface area contributed by atoms with Crippen LogP contribution >= 0.6 is 0 Å². The molecule has 1 amide bonds. The van der Waals surface area contributed by atoms with E-state index < -0.39 is 26.8 Å². The normalized spacial score (nSPS) is 19.9. The number of carbonyl (C=O) groups excluding carboxylic acids is 1. The number of nitrogens with two attached hydrogens (primary N) is 1. The van der Waals surface area contributed by atoms with Crippen molar-refractivity contribution in [1.29, 1.82) is 0 Å². The smallest absolute Gasteiger partial charge is 0.240 e. The molecule has 1 aromatic carbocycles. The molecule has 0 bridgehead atoms. The molecule has 3 heterocycles. The van der Waals surface area contributed by atoms with Crippen LogP contribution in [0.1, 0.15) is 42.7 Å². The zero-order chi connectivity index (χ0) is 26.6. The summed E-state index contributed by atoms with van der Waals surface area (Å²) in [5.41, 5.74) is 9.44. The Bertz CT molecular complexity index is 1210. The standard InChI is InChI=1S/C26H35N3O7S/c1-18-15-20(5-6-22(18)23-3-2-4-24(28-23)36-17-21(31)16-30)19-7-11-29(12-8-19)37(33,34)26(25(27)32)9-13-35-14-10-26/h2-6,15,19,21,30-31H,7-14,16-17H2,1H3,(H2,27,32)/t21-/m0/s1. The van der Waals surface area contributed by atoms with Crippen molar-refractivity contribution in [3.05, 3.63) is 47.5 Å². The molecule has 0 aliphatic carbocycles. The number of nitrogens with zero attached hydrogens (tertiary/aromatic N) is 2. The second-order valence-corrected chi connectivity index (χ2v) is 12.0. The second kappa shape index (κ2) is 11.4. The Kier molecular flexibility index (Phi) is 8.49. The number of hydrogen-bond acceptors (Lipinski definition) is 8. The fraction of sp³-hybridized carbons (Fsp3) is 0.538. The van der Waals surface area contributed by atoms with Gasteiger partial charge in [0, 0.05) is 50.8 Å². The third-order valence-corrected chi connectivity index (χ3v) is 10.0. The van der Waals surface area contributed by atoms with E-state index in [9.17, 15) is 18.3 Å². The molecule has 1 aromatic heterocycles. The van der Waals surface area contributed by atoms with Crippen molar-refractivity contribution in [1.82, 2.24) is 9.29 Å². The Morgan fingerprint density at radius 1 is 1.24 bits per heavy atom. The SMILES string of the molecule is Cc1cc(C2CCN(S(=O)(=O)C3(C(N)=O)CCOCC3)CC2)ccc1-c1cccc(OC[C@@H](O)CO)n1. The van der Waals surface area contributed by atoms with Gasteiger partial charge in [-0.3, -0.25) is 4.79 Å². The van der Waals surface area contributed by atoms with Crippen LogP contribution in [0, 0.1) is 6.92 Å². The first-order valence-corrected chi connectivity index (χ1v) is 14.0. The molecule has 37 heavy (non-hydrogen) atoms. The Balaban J connectivity index is 1.44. The van der Waals surface area contributed by atoms with Gasteiger partial charge in [-0.25, -0.2) is 17.7 Å². The van der Waals surface area contributed by atoms with Gasteiger partial charge in [-0.2, -0.15) is 0 Å². The molecule has 0 unspecified atom stereocenters. The lowest BCUT2D eigenvalue weighted by Gasteiger charge is -2.40. The summed E-state index contributed by atoms with van der Waals surface area (Å²) in [7, 11) is -3.89. The highest BCUT2D eigenvalue weighted by Crippen LogP contribution is 2.37. The Morgan fingerprint density at radius 3 is 2.57 bits per heavy atom. The van der Waals surface area contributed by atoms with Crippen molar-refractivity contribution in [2.24, 2.45) is 5.73 Å². The maximum Gasteiger partial charge on any atom is 0.240 e. The molecule has 202 valence electrons. The van der Waals surface area contributed by atoms with Gasteiger partial charge >= 0.3 is 0 Å². The molecule has 4 N–H and O–H groups in total. The largest absolute Gasteiger partial charge is 0.475 e. The van der Waals surface area contributed by atoms with Crippen molar-refractivity contribution in [2.75, 3.05) is 39.5 Å². The first-order chi connectivity index (χ1) is 17.7. The molecule has 2 saturated heterocycles. The van der Waals surface area contributed by atoms with E-state index in [1.807, 2.05) is 31.2 Å². The van der Waals surface area contributed by atoms with E-state index in [1.54, 1.807) is 6.07 Å². The summed E-state index contributed by atoms with van der Waals surface area (Å²) in [5, 5.41) is 18.5. The minimum absolute atomic E-state index is 0.0480. The number of rotatable bonds is 9. The molecule has 0 radical (unpaired) electrons. The summed E-state index contributed by atoms with van der Waals surface area (Å²) >= 11 is 0. The topological polar surface area (TPSA) is 152 Å². The van der Waals surface area contributed by atoms with Gasteiger partial charge in [-0.15, -0.1) is 0 Å². The maximum atomic E-state index is 13.5. The zero-order valence-electron chi connectivity index (χ0n) is 21.0. The number of carbonyl (C=O) groups is 1. The van der Waals surface area contributed by atoms with E-state index in [0.717, 1.165) is 22.4 Å². The minimum atomic E-state index is -3.89. The predicted molar refractivity (Wildman–Crippen MR) is 137 cm³/mol. The van der Waals surface area contributed by atoms with Gasteiger partial charge in [-0.1, -0.05) is 24.3 Å². The van der Waals surface area contributed by atoms with Gasteiger partial charge in [-0.05, 0) is 42.9 Å². The van der Waals surface area contributed by atoms with E-state index in [0.29, 0.717) is 31.8 Å². The van der Waals surface area contributed by atoms with Crippen molar-refractivity contribution in [3.8, 4) is 17.1 Å². The average Bonchev–Trinajstić information content (AvgIpc) is 2.92. The Hall–Kier alpha value is -2.57. The summed E-state index contributed by atoms with van der Waals surface area (Å²) < 4.78 is 37.5. The van der Waals surface area contributed by atoms with Crippen LogP contribution in [0.2, 0.25) is 0 Å². The average molecular weight is 534 g/mol. The van der Waals surface area contributed by atoms with Gasteiger partial charge in [0.1, 0.15) is 12.7 Å². The van der Waals surface area contributed by atoms with E-state index in [2.05, 4.69) is 11.1 Å². The number of aryl methyl sites for hydroxylation is 1. The second-order valence-electron chi connectivity index (χ2n) is 9.73. The van der Waals surface area contributed by atoms with Gasteiger partial charge in [0.05, 0.1) is 12.3 Å². The highest BCUT2D eigenvalue weighted by molar-refractivity contribution is 7.91. The summed E-state index contributed by atoms with van der Waals surface area (Å²) in [5.74, 6) is -0.238. The number of aliphatic hydroxyl groups is 2. The molecular weight excluding hydrogens is 498 g/mol. The fourth-order valence-corrected chi connectivity index (χ4v) is 7.24. The van der Waals surface area contributed by atoms with E-state index >= 15 is 0 Å². The number of pyridine rings is 1. The molecule has 10 nitrogen and oxygen atoms in total. The molecule has 2 aliphatic rings. The number of piperidine rings is 1. The number of ether oxygens (including phenoxy) is 2. The molecule has 2 aliphatic heterocycles. The molecule has 1 atom stereocenters. The summed E-state index contributed by atoms with van der Waals surface area (Å²) in [6.07, 6.45) is 0.517. The number of primary amides is 1. The molecule has 2 fully saturated rings. The molecule has 11 heteroatoms. The monoisotopic (exact) mass is 533 g/mol. The third kappa shape index (κ3) is 5.65. The summed E-state index contributed by atoms with van der Waals surface area (Å²) in [4.78, 5) is 16.8. The predicted octanol–water partition coefficient (Wildman–Crippen LogP) is 1.33. The molecule has 4 rings (SSSR count). The van der Waals surface area contributed by atoms with Gasteiger partial charge in [0.25, 0.3) is 0 Å². The van der Waals surface area contributed by atoms with E-state index in [-0.39, 0.29) is 45.2 Å².